The van der Waals surface area contributed by atoms with E-state index in [-0.39, 0.29) is 6.10 Å². The van der Waals surface area contributed by atoms with Gasteiger partial charge in [0.15, 0.2) is 0 Å². The lowest BCUT2D eigenvalue weighted by Crippen LogP contribution is -2.35. The first-order chi connectivity index (χ1) is 7.24. The van der Waals surface area contributed by atoms with Crippen LogP contribution >= 0.6 is 0 Å². The lowest BCUT2D eigenvalue weighted by molar-refractivity contribution is 0.109. The van der Waals surface area contributed by atoms with Crippen molar-refractivity contribution >= 4 is 0 Å². The molecule has 0 radical (unpaired) electrons. The van der Waals surface area contributed by atoms with Gasteiger partial charge < -0.3 is 9.64 Å². The minimum Gasteiger partial charge on any atom is -0.474 e. The Labute approximate surface area is 88.1 Å². The van der Waals surface area contributed by atoms with Gasteiger partial charge >= 0.3 is 0 Å². The van der Waals surface area contributed by atoms with Gasteiger partial charge in [-0.2, -0.15) is 4.39 Å². The standard InChI is InChI=1S/C10H14FN3O/c1-14-4-2-8(3-5-14)15-10-6-9(11)12-7-13-10/h6-8H,2-5H2,1H3. The Bertz CT molecular complexity index is 326. The minimum absolute atomic E-state index is 0.149. The fraction of sp³-hybridized carbons (Fsp3) is 0.600. The lowest BCUT2D eigenvalue weighted by Gasteiger charge is -2.28. The fourth-order valence-electron chi connectivity index (χ4n) is 1.66. The first-order valence-corrected chi connectivity index (χ1v) is 5.07. The van der Waals surface area contributed by atoms with Crippen molar-refractivity contribution in [2.45, 2.75) is 18.9 Å². The summed E-state index contributed by atoms with van der Waals surface area (Å²) in [5.41, 5.74) is 0. The highest BCUT2D eigenvalue weighted by atomic mass is 19.1. The van der Waals surface area contributed by atoms with Crippen molar-refractivity contribution in [2.24, 2.45) is 0 Å². The highest BCUT2D eigenvalue weighted by Gasteiger charge is 2.18. The molecule has 82 valence electrons. The number of rotatable bonds is 2. The zero-order chi connectivity index (χ0) is 10.7. The van der Waals surface area contributed by atoms with Gasteiger partial charge in [-0.3, -0.25) is 0 Å². The third-order valence-corrected chi connectivity index (χ3v) is 2.56. The molecular weight excluding hydrogens is 197 g/mol. The monoisotopic (exact) mass is 211 g/mol. The molecule has 0 atom stereocenters. The van der Waals surface area contributed by atoms with E-state index in [4.69, 9.17) is 4.74 Å². The molecule has 0 saturated carbocycles. The van der Waals surface area contributed by atoms with Gasteiger partial charge in [-0.05, 0) is 19.9 Å². The van der Waals surface area contributed by atoms with E-state index in [1.807, 2.05) is 0 Å². The molecular formula is C10H14FN3O. The summed E-state index contributed by atoms with van der Waals surface area (Å²) in [7, 11) is 2.08. The van der Waals surface area contributed by atoms with E-state index in [0.717, 1.165) is 25.9 Å². The molecule has 1 aromatic heterocycles. The van der Waals surface area contributed by atoms with Crippen LogP contribution in [0.1, 0.15) is 12.8 Å². The maximum absolute atomic E-state index is 12.7. The largest absolute Gasteiger partial charge is 0.474 e. The third kappa shape index (κ3) is 2.86. The van der Waals surface area contributed by atoms with Crippen LogP contribution in [-0.4, -0.2) is 41.1 Å². The highest BCUT2D eigenvalue weighted by Crippen LogP contribution is 2.15. The van der Waals surface area contributed by atoms with E-state index in [2.05, 4.69) is 21.9 Å². The Morgan fingerprint density at radius 2 is 2.13 bits per heavy atom. The number of hydrogen-bond donors (Lipinski definition) is 0. The molecule has 0 unspecified atom stereocenters. The summed E-state index contributed by atoms with van der Waals surface area (Å²) in [6.07, 6.45) is 3.25. The van der Waals surface area contributed by atoms with Crippen LogP contribution in [0.4, 0.5) is 4.39 Å². The average molecular weight is 211 g/mol. The van der Waals surface area contributed by atoms with Crippen LogP contribution in [0, 0.1) is 5.95 Å². The Kier molecular flexibility index (Phi) is 3.11. The molecule has 0 aromatic carbocycles. The minimum atomic E-state index is -0.548. The number of nitrogens with zero attached hydrogens (tertiary/aromatic N) is 3. The number of ether oxygens (including phenoxy) is 1. The molecule has 0 N–H and O–H groups in total. The van der Waals surface area contributed by atoms with Crippen LogP contribution in [0.15, 0.2) is 12.4 Å². The van der Waals surface area contributed by atoms with Gasteiger partial charge in [0.1, 0.15) is 12.4 Å². The van der Waals surface area contributed by atoms with Crippen LogP contribution in [0.3, 0.4) is 0 Å². The molecule has 0 spiro atoms. The van der Waals surface area contributed by atoms with E-state index in [0.29, 0.717) is 5.88 Å². The van der Waals surface area contributed by atoms with Gasteiger partial charge in [0.05, 0.1) is 6.07 Å². The van der Waals surface area contributed by atoms with Gasteiger partial charge in [-0.25, -0.2) is 9.97 Å². The number of piperidine rings is 1. The van der Waals surface area contributed by atoms with Crippen molar-refractivity contribution in [2.75, 3.05) is 20.1 Å². The van der Waals surface area contributed by atoms with Gasteiger partial charge in [0.2, 0.25) is 11.8 Å². The number of likely N-dealkylation sites (tertiary alicyclic amines) is 1. The predicted octanol–water partition coefficient (Wildman–Crippen LogP) is 1.09. The summed E-state index contributed by atoms with van der Waals surface area (Å²) in [6, 6.07) is 1.22. The molecule has 1 aromatic rings. The molecule has 4 nitrogen and oxygen atoms in total. The van der Waals surface area contributed by atoms with E-state index in [1.54, 1.807) is 0 Å². The predicted molar refractivity (Wildman–Crippen MR) is 53.1 cm³/mol. The van der Waals surface area contributed by atoms with Gasteiger partial charge in [0, 0.05) is 13.1 Å². The quantitative estimate of drug-likeness (QED) is 0.686. The maximum Gasteiger partial charge on any atom is 0.219 e. The van der Waals surface area contributed by atoms with Gasteiger partial charge in [0.25, 0.3) is 0 Å². The SMILES string of the molecule is CN1CCC(Oc2cc(F)ncn2)CC1. The van der Waals surface area contributed by atoms with Crippen molar-refractivity contribution in [3.8, 4) is 5.88 Å². The fourth-order valence-corrected chi connectivity index (χ4v) is 1.66. The number of halogens is 1. The molecule has 0 bridgehead atoms. The van der Waals surface area contributed by atoms with Crippen molar-refractivity contribution in [1.82, 2.24) is 14.9 Å². The van der Waals surface area contributed by atoms with Crippen molar-refractivity contribution in [1.29, 1.82) is 0 Å². The smallest absolute Gasteiger partial charge is 0.219 e. The van der Waals surface area contributed by atoms with E-state index < -0.39 is 5.95 Å². The molecule has 0 aliphatic carbocycles. The normalized spacial score (nSPS) is 19.1. The summed E-state index contributed by atoms with van der Waals surface area (Å²) < 4.78 is 18.3. The van der Waals surface area contributed by atoms with Crippen molar-refractivity contribution in [3.63, 3.8) is 0 Å². The lowest BCUT2D eigenvalue weighted by atomic mass is 10.1. The van der Waals surface area contributed by atoms with E-state index in [9.17, 15) is 4.39 Å². The first-order valence-electron chi connectivity index (χ1n) is 5.07. The van der Waals surface area contributed by atoms with E-state index >= 15 is 0 Å². The maximum atomic E-state index is 12.7. The van der Waals surface area contributed by atoms with Crippen LogP contribution < -0.4 is 4.74 Å². The van der Waals surface area contributed by atoms with Crippen LogP contribution in [0.2, 0.25) is 0 Å². The topological polar surface area (TPSA) is 38.2 Å². The molecule has 1 saturated heterocycles. The molecule has 1 aliphatic rings. The molecule has 5 heteroatoms. The molecule has 2 rings (SSSR count). The number of aromatic nitrogens is 2. The zero-order valence-electron chi connectivity index (χ0n) is 8.69. The van der Waals surface area contributed by atoms with Crippen molar-refractivity contribution in [3.05, 3.63) is 18.3 Å². The van der Waals surface area contributed by atoms with Crippen LogP contribution in [0.5, 0.6) is 5.88 Å². The Morgan fingerprint density at radius 3 is 2.80 bits per heavy atom. The zero-order valence-corrected chi connectivity index (χ0v) is 8.69. The second-order valence-electron chi connectivity index (χ2n) is 3.80. The summed E-state index contributed by atoms with van der Waals surface area (Å²) in [6.45, 7) is 2.02. The van der Waals surface area contributed by atoms with Crippen molar-refractivity contribution < 1.29 is 9.13 Å². The summed E-state index contributed by atoms with van der Waals surface area (Å²) >= 11 is 0. The summed E-state index contributed by atoms with van der Waals surface area (Å²) in [4.78, 5) is 9.50. The molecule has 2 heterocycles. The molecule has 1 fully saturated rings. The second kappa shape index (κ2) is 4.53. The van der Waals surface area contributed by atoms with Crippen LogP contribution in [-0.2, 0) is 0 Å². The highest BCUT2D eigenvalue weighted by molar-refractivity contribution is 5.06. The molecule has 1 aliphatic heterocycles. The summed E-state index contributed by atoms with van der Waals surface area (Å²) in [5, 5.41) is 0. The molecule has 0 amide bonds. The summed E-state index contributed by atoms with van der Waals surface area (Å²) in [5.74, 6) is -0.218. The Balaban J connectivity index is 1.92. The number of hydrogen-bond acceptors (Lipinski definition) is 4. The van der Waals surface area contributed by atoms with E-state index in [1.165, 1.54) is 12.4 Å². The average Bonchev–Trinajstić information content (AvgIpc) is 2.22. The first kappa shape index (κ1) is 10.3. The Hall–Kier alpha value is -1.23. The van der Waals surface area contributed by atoms with Gasteiger partial charge in [-0.1, -0.05) is 0 Å². The van der Waals surface area contributed by atoms with Crippen LogP contribution in [0.25, 0.3) is 0 Å². The third-order valence-electron chi connectivity index (χ3n) is 2.56. The molecule has 15 heavy (non-hydrogen) atoms. The Morgan fingerprint density at radius 1 is 1.40 bits per heavy atom. The second-order valence-corrected chi connectivity index (χ2v) is 3.80. The van der Waals surface area contributed by atoms with Gasteiger partial charge in [-0.15, -0.1) is 0 Å².